The van der Waals surface area contributed by atoms with Crippen molar-refractivity contribution in [2.24, 2.45) is 0 Å². The van der Waals surface area contributed by atoms with Gasteiger partial charge in [-0.15, -0.1) is 11.3 Å². The van der Waals surface area contributed by atoms with Crippen LogP contribution < -0.4 is 11.2 Å². The first-order valence-corrected chi connectivity index (χ1v) is 13.0. The molecule has 0 aliphatic carbocycles. The lowest BCUT2D eigenvalue weighted by atomic mass is 10.0. The van der Waals surface area contributed by atoms with Gasteiger partial charge in [-0.3, -0.25) is 9.78 Å². The first-order chi connectivity index (χ1) is 16.7. The summed E-state index contributed by atoms with van der Waals surface area (Å²) in [5.41, 5.74) is 3.99. The first kappa shape index (κ1) is 22.4. The number of fused-ring (bicyclic) bond motifs is 3. The number of unbranched alkanes of at least 4 members (excludes halogenated alkanes) is 5. The van der Waals surface area contributed by atoms with Crippen molar-refractivity contribution in [1.29, 1.82) is 0 Å². The molecule has 5 rings (SSSR count). The molecule has 34 heavy (non-hydrogen) atoms. The largest absolute Gasteiger partial charge is 0.340 e. The average Bonchev–Trinajstić information content (AvgIpc) is 3.48. The van der Waals surface area contributed by atoms with E-state index in [1.54, 1.807) is 11.3 Å². The molecule has 5 aromatic rings. The third kappa shape index (κ3) is 4.38. The molecule has 0 radical (unpaired) electrons. The van der Waals surface area contributed by atoms with Crippen LogP contribution in [0.2, 0.25) is 0 Å². The molecule has 2 aromatic carbocycles. The second-order valence-electron chi connectivity index (χ2n) is 8.85. The highest BCUT2D eigenvalue weighted by Crippen LogP contribution is 2.36. The average molecular weight is 472 g/mol. The summed E-state index contributed by atoms with van der Waals surface area (Å²) < 4.78 is 2.42. The summed E-state index contributed by atoms with van der Waals surface area (Å²) in [5, 5.41) is 4.42. The summed E-state index contributed by atoms with van der Waals surface area (Å²) in [5.74, 6) is 0. The van der Waals surface area contributed by atoms with Crippen molar-refractivity contribution in [3.05, 3.63) is 80.9 Å². The first-order valence-electron chi connectivity index (χ1n) is 12.1. The van der Waals surface area contributed by atoms with Crippen LogP contribution in [0, 0.1) is 0 Å². The molecule has 0 atom stereocenters. The standard InChI is InChI=1S/C28H29N3O2S/c1-2-3-4-5-6-7-14-31-24-12-10-19(23-18-29-28(33)30-27(23)32)16-21(24)22-17-20(11-13-25(22)31)26-9-8-15-34-26/h8-13,15-18H,2-7,14H2,1H3,(H2,29,30,32,33). The Labute approximate surface area is 202 Å². The van der Waals surface area contributed by atoms with Gasteiger partial charge in [0, 0.05) is 39.4 Å². The smallest absolute Gasteiger partial charge is 0.325 e. The quantitative estimate of drug-likeness (QED) is 0.229. The maximum atomic E-state index is 12.4. The third-order valence-electron chi connectivity index (χ3n) is 6.54. The Morgan fingerprint density at radius 2 is 1.56 bits per heavy atom. The van der Waals surface area contributed by atoms with Gasteiger partial charge in [-0.2, -0.15) is 0 Å². The molecule has 0 bridgehead atoms. The molecule has 6 heteroatoms. The molecule has 0 amide bonds. The molecule has 0 saturated heterocycles. The van der Waals surface area contributed by atoms with Crippen LogP contribution in [0.25, 0.3) is 43.4 Å². The van der Waals surface area contributed by atoms with Gasteiger partial charge in [0.25, 0.3) is 5.56 Å². The fourth-order valence-corrected chi connectivity index (χ4v) is 5.51. The minimum atomic E-state index is -0.494. The molecule has 3 aromatic heterocycles. The molecule has 0 saturated carbocycles. The number of H-pyrrole nitrogens is 2. The molecule has 0 spiro atoms. The SMILES string of the molecule is CCCCCCCCn1c2ccc(-c3cccs3)cc2c2cc(-c3c[nH]c(=O)[nH]c3=O)ccc21. The van der Waals surface area contributed by atoms with Crippen molar-refractivity contribution < 1.29 is 0 Å². The highest BCUT2D eigenvalue weighted by atomic mass is 32.1. The molecular weight excluding hydrogens is 442 g/mol. The van der Waals surface area contributed by atoms with Gasteiger partial charge in [-0.05, 0) is 53.3 Å². The van der Waals surface area contributed by atoms with Gasteiger partial charge in [0.2, 0.25) is 0 Å². The number of aryl methyl sites for hydroxylation is 1. The zero-order chi connectivity index (χ0) is 23.5. The molecule has 5 nitrogen and oxygen atoms in total. The molecule has 0 unspecified atom stereocenters. The van der Waals surface area contributed by atoms with Gasteiger partial charge >= 0.3 is 5.69 Å². The van der Waals surface area contributed by atoms with Crippen LogP contribution in [0.3, 0.4) is 0 Å². The van der Waals surface area contributed by atoms with Crippen LogP contribution in [0.1, 0.15) is 45.4 Å². The number of benzene rings is 2. The number of hydrogen-bond acceptors (Lipinski definition) is 3. The highest BCUT2D eigenvalue weighted by molar-refractivity contribution is 7.13. The zero-order valence-electron chi connectivity index (χ0n) is 19.4. The lowest BCUT2D eigenvalue weighted by Gasteiger charge is -2.08. The Kier molecular flexibility index (Phi) is 6.50. The van der Waals surface area contributed by atoms with E-state index in [0.29, 0.717) is 5.56 Å². The van der Waals surface area contributed by atoms with Crippen molar-refractivity contribution in [1.82, 2.24) is 14.5 Å². The number of nitrogens with zero attached hydrogens (tertiary/aromatic N) is 1. The minimum Gasteiger partial charge on any atom is -0.340 e. The van der Waals surface area contributed by atoms with E-state index < -0.39 is 5.69 Å². The summed E-state index contributed by atoms with van der Waals surface area (Å²) >= 11 is 1.74. The van der Waals surface area contributed by atoms with E-state index >= 15 is 0 Å². The van der Waals surface area contributed by atoms with E-state index in [2.05, 4.69) is 69.3 Å². The zero-order valence-corrected chi connectivity index (χ0v) is 20.2. The predicted molar refractivity (Wildman–Crippen MR) is 143 cm³/mol. The van der Waals surface area contributed by atoms with Gasteiger partial charge in [-0.1, -0.05) is 57.2 Å². The summed E-state index contributed by atoms with van der Waals surface area (Å²) in [4.78, 5) is 30.1. The number of aromatic amines is 2. The van der Waals surface area contributed by atoms with Gasteiger partial charge in [0.05, 0.1) is 5.56 Å². The molecule has 174 valence electrons. The van der Waals surface area contributed by atoms with Gasteiger partial charge in [0.15, 0.2) is 0 Å². The van der Waals surface area contributed by atoms with E-state index in [1.807, 2.05) is 6.07 Å². The van der Waals surface area contributed by atoms with Crippen molar-refractivity contribution in [3.8, 4) is 21.6 Å². The van der Waals surface area contributed by atoms with Crippen LogP contribution in [0.4, 0.5) is 0 Å². The number of aromatic nitrogens is 3. The lowest BCUT2D eigenvalue weighted by molar-refractivity contribution is 0.571. The second kappa shape index (κ2) is 9.85. The maximum Gasteiger partial charge on any atom is 0.325 e. The Morgan fingerprint density at radius 1 is 0.853 bits per heavy atom. The van der Waals surface area contributed by atoms with Crippen molar-refractivity contribution in [2.75, 3.05) is 0 Å². The van der Waals surface area contributed by atoms with Gasteiger partial charge in [-0.25, -0.2) is 4.79 Å². The van der Waals surface area contributed by atoms with E-state index in [4.69, 9.17) is 0 Å². The van der Waals surface area contributed by atoms with E-state index in [0.717, 1.165) is 23.9 Å². The molecule has 3 heterocycles. The number of thiophene rings is 1. The summed E-state index contributed by atoms with van der Waals surface area (Å²) in [6.07, 6.45) is 9.05. The fraction of sp³-hybridized carbons (Fsp3) is 0.286. The topological polar surface area (TPSA) is 70.7 Å². The number of hydrogen-bond donors (Lipinski definition) is 2. The van der Waals surface area contributed by atoms with Crippen LogP contribution in [-0.4, -0.2) is 14.5 Å². The van der Waals surface area contributed by atoms with Crippen LogP contribution in [0.5, 0.6) is 0 Å². The molecule has 0 aliphatic heterocycles. The molecular formula is C28H29N3O2S. The predicted octanol–water partition coefficient (Wildman–Crippen LogP) is 6.93. The Hall–Kier alpha value is -3.38. The monoisotopic (exact) mass is 471 g/mol. The molecule has 0 fully saturated rings. The summed E-state index contributed by atoms with van der Waals surface area (Å²) in [6.45, 7) is 3.22. The van der Waals surface area contributed by atoms with Crippen LogP contribution in [-0.2, 0) is 6.54 Å². The van der Waals surface area contributed by atoms with Crippen molar-refractivity contribution >= 4 is 33.1 Å². The Balaban J connectivity index is 1.60. The van der Waals surface area contributed by atoms with E-state index in [9.17, 15) is 9.59 Å². The fourth-order valence-electron chi connectivity index (χ4n) is 4.78. The maximum absolute atomic E-state index is 12.4. The van der Waals surface area contributed by atoms with E-state index in [-0.39, 0.29) is 5.56 Å². The number of rotatable bonds is 9. The minimum absolute atomic E-state index is 0.377. The van der Waals surface area contributed by atoms with Gasteiger partial charge < -0.3 is 9.55 Å². The normalized spacial score (nSPS) is 11.6. The highest BCUT2D eigenvalue weighted by Gasteiger charge is 2.14. The molecule has 2 N–H and O–H groups in total. The van der Waals surface area contributed by atoms with Crippen molar-refractivity contribution in [3.63, 3.8) is 0 Å². The number of nitrogens with one attached hydrogen (secondary N) is 2. The lowest BCUT2D eigenvalue weighted by Crippen LogP contribution is -2.22. The van der Waals surface area contributed by atoms with Gasteiger partial charge in [0.1, 0.15) is 0 Å². The van der Waals surface area contributed by atoms with Crippen LogP contribution >= 0.6 is 11.3 Å². The summed E-state index contributed by atoms with van der Waals surface area (Å²) in [7, 11) is 0. The molecule has 0 aliphatic rings. The Morgan fingerprint density at radius 3 is 2.26 bits per heavy atom. The van der Waals surface area contributed by atoms with Crippen molar-refractivity contribution in [2.45, 2.75) is 52.0 Å². The second-order valence-corrected chi connectivity index (χ2v) is 9.79. The summed E-state index contributed by atoms with van der Waals surface area (Å²) in [6, 6.07) is 17.1. The Bertz CT molecular complexity index is 1540. The third-order valence-corrected chi connectivity index (χ3v) is 7.46. The van der Waals surface area contributed by atoms with Crippen LogP contribution in [0.15, 0.2) is 69.7 Å². The van der Waals surface area contributed by atoms with E-state index in [1.165, 1.54) is 65.2 Å².